The normalized spacial score (nSPS) is 12.8. The summed E-state index contributed by atoms with van der Waals surface area (Å²) in [6.45, 7) is 6.95. The van der Waals surface area contributed by atoms with Crippen LogP contribution in [-0.2, 0) is 5.41 Å². The second-order valence-corrected chi connectivity index (χ2v) is 16.0. The molecule has 0 aromatic heterocycles. The van der Waals surface area contributed by atoms with Crippen molar-refractivity contribution >= 4 is 85.8 Å². The molecule has 0 bridgehead atoms. The lowest BCUT2D eigenvalue weighted by molar-refractivity contribution is 0.661. The van der Waals surface area contributed by atoms with Crippen LogP contribution >= 0.6 is 30.1 Å². The van der Waals surface area contributed by atoms with Gasteiger partial charge in [-0.05, 0) is 107 Å². The standard InChI is InChI=1S/C48H37IN2S/c1-32-22-24-35(25-23-32)51(44-28-29-46(52-49)39-20-12-10-18-37(39)44)36-26-27-41-42(30-36)48(2,3)43-31-45(38-19-11-13-21-40(38)47(41)43)50(33-14-6-4-7-15-33)34-16-8-5-9-17-34/h4-31H,1-3H3. The summed E-state index contributed by atoms with van der Waals surface area (Å²) in [4.78, 5) is 6.13. The van der Waals surface area contributed by atoms with Gasteiger partial charge < -0.3 is 9.80 Å². The average molecular weight is 801 g/mol. The number of hydrogen-bond acceptors (Lipinski definition) is 3. The van der Waals surface area contributed by atoms with Crippen molar-refractivity contribution in [3.63, 3.8) is 0 Å². The third-order valence-corrected chi connectivity index (χ3v) is 12.6. The predicted octanol–water partition coefficient (Wildman–Crippen LogP) is 15.0. The molecule has 9 rings (SSSR count). The second-order valence-electron chi connectivity index (χ2n) is 14.1. The van der Waals surface area contributed by atoms with Gasteiger partial charge in [0.25, 0.3) is 0 Å². The predicted molar refractivity (Wildman–Crippen MR) is 233 cm³/mol. The molecule has 52 heavy (non-hydrogen) atoms. The molecule has 0 saturated heterocycles. The van der Waals surface area contributed by atoms with E-state index in [0.717, 1.165) is 22.7 Å². The van der Waals surface area contributed by atoms with Crippen LogP contribution in [0.15, 0.2) is 175 Å². The third-order valence-electron chi connectivity index (χ3n) is 10.6. The van der Waals surface area contributed by atoms with Crippen LogP contribution in [0.2, 0.25) is 0 Å². The quantitative estimate of drug-likeness (QED) is 0.148. The third kappa shape index (κ3) is 5.39. The highest BCUT2D eigenvalue weighted by atomic mass is 127. The van der Waals surface area contributed by atoms with E-state index >= 15 is 0 Å². The molecule has 0 N–H and O–H groups in total. The van der Waals surface area contributed by atoms with E-state index in [1.807, 2.05) is 0 Å². The molecule has 0 atom stereocenters. The van der Waals surface area contributed by atoms with E-state index in [1.54, 1.807) is 8.93 Å². The fourth-order valence-corrected chi connectivity index (χ4v) is 9.63. The lowest BCUT2D eigenvalue weighted by Gasteiger charge is -2.30. The molecule has 0 fully saturated rings. The molecule has 0 spiro atoms. The number of rotatable bonds is 7. The molecule has 0 amide bonds. The Hall–Kier alpha value is -5.04. The summed E-state index contributed by atoms with van der Waals surface area (Å²) < 4.78 is 0. The van der Waals surface area contributed by atoms with Crippen LogP contribution in [0.1, 0.15) is 30.5 Å². The number of benzene rings is 8. The smallest absolute Gasteiger partial charge is 0.0543 e. The van der Waals surface area contributed by atoms with Gasteiger partial charge in [-0.15, -0.1) is 0 Å². The lowest BCUT2D eigenvalue weighted by atomic mass is 9.81. The molecule has 2 nitrogen and oxygen atoms in total. The maximum Gasteiger partial charge on any atom is 0.0543 e. The minimum absolute atomic E-state index is 0.249. The molecule has 1 aliphatic carbocycles. The molecular formula is C48H37IN2S. The Balaban J connectivity index is 1.26. The van der Waals surface area contributed by atoms with Gasteiger partial charge in [-0.2, -0.15) is 0 Å². The van der Waals surface area contributed by atoms with Crippen molar-refractivity contribution in [2.45, 2.75) is 31.1 Å². The van der Waals surface area contributed by atoms with Gasteiger partial charge in [0.15, 0.2) is 0 Å². The summed E-state index contributed by atoms with van der Waals surface area (Å²) in [6, 6.07) is 62.3. The van der Waals surface area contributed by atoms with E-state index in [1.165, 1.54) is 65.6 Å². The maximum atomic E-state index is 2.46. The first-order valence-corrected chi connectivity index (χ1v) is 21.1. The number of hydrogen-bond donors (Lipinski definition) is 0. The first-order chi connectivity index (χ1) is 25.4. The van der Waals surface area contributed by atoms with Crippen LogP contribution in [0, 0.1) is 6.92 Å². The van der Waals surface area contributed by atoms with Gasteiger partial charge in [0.1, 0.15) is 0 Å². The van der Waals surface area contributed by atoms with Crippen LogP contribution in [0.5, 0.6) is 0 Å². The van der Waals surface area contributed by atoms with E-state index < -0.39 is 0 Å². The Morgan fingerprint density at radius 2 is 0.981 bits per heavy atom. The van der Waals surface area contributed by atoms with Crippen LogP contribution < -0.4 is 9.80 Å². The van der Waals surface area contributed by atoms with Crippen LogP contribution in [-0.4, -0.2) is 0 Å². The molecule has 1 aliphatic rings. The van der Waals surface area contributed by atoms with Crippen LogP contribution in [0.4, 0.5) is 34.1 Å². The Labute approximate surface area is 322 Å². The van der Waals surface area contributed by atoms with E-state index in [0.29, 0.717) is 0 Å². The second kappa shape index (κ2) is 13.2. The van der Waals surface area contributed by atoms with E-state index in [-0.39, 0.29) is 5.41 Å². The van der Waals surface area contributed by atoms with Gasteiger partial charge in [0.2, 0.25) is 0 Å². The minimum atomic E-state index is -0.249. The molecule has 4 heteroatoms. The molecule has 8 aromatic rings. The summed E-state index contributed by atoms with van der Waals surface area (Å²) >= 11 is 2.40. The van der Waals surface area contributed by atoms with Crippen molar-refractivity contribution in [3.8, 4) is 11.1 Å². The van der Waals surface area contributed by atoms with E-state index in [9.17, 15) is 0 Å². The van der Waals surface area contributed by atoms with Gasteiger partial charge in [0, 0.05) is 65.0 Å². The largest absolute Gasteiger partial charge is 0.310 e. The Kier molecular flexibility index (Phi) is 8.32. The fourth-order valence-electron chi connectivity index (χ4n) is 8.10. The molecule has 0 heterocycles. The number of fused-ring (bicyclic) bond motifs is 6. The zero-order chi connectivity index (χ0) is 35.4. The molecular weight excluding hydrogens is 764 g/mol. The maximum absolute atomic E-state index is 2.46. The highest BCUT2D eigenvalue weighted by Gasteiger charge is 2.38. The first-order valence-electron chi connectivity index (χ1n) is 17.7. The number of anilines is 6. The van der Waals surface area contributed by atoms with Gasteiger partial charge in [-0.3, -0.25) is 0 Å². The monoisotopic (exact) mass is 800 g/mol. The van der Waals surface area contributed by atoms with Crippen molar-refractivity contribution in [3.05, 3.63) is 187 Å². The number of nitrogens with zero attached hydrogens (tertiary/aromatic N) is 2. The first kappa shape index (κ1) is 32.8. The van der Waals surface area contributed by atoms with Gasteiger partial charge in [-0.25, -0.2) is 0 Å². The van der Waals surface area contributed by atoms with Gasteiger partial charge in [0.05, 0.1) is 11.4 Å². The summed E-state index contributed by atoms with van der Waals surface area (Å²) in [6.07, 6.45) is 0. The summed E-state index contributed by atoms with van der Waals surface area (Å²) in [5.74, 6) is 0. The molecule has 8 aromatic carbocycles. The number of halogens is 1. The Bertz CT molecular complexity index is 2560. The topological polar surface area (TPSA) is 6.48 Å². The summed E-state index contributed by atoms with van der Waals surface area (Å²) in [5.41, 5.74) is 13.3. The zero-order valence-corrected chi connectivity index (χ0v) is 32.3. The minimum Gasteiger partial charge on any atom is -0.310 e. The molecule has 0 aliphatic heterocycles. The van der Waals surface area contributed by atoms with E-state index in [4.69, 9.17) is 0 Å². The van der Waals surface area contributed by atoms with Gasteiger partial charge in [-0.1, -0.05) is 131 Å². The van der Waals surface area contributed by atoms with Crippen molar-refractivity contribution < 1.29 is 0 Å². The van der Waals surface area contributed by atoms with Crippen molar-refractivity contribution in [2.24, 2.45) is 0 Å². The highest BCUT2D eigenvalue weighted by Crippen LogP contribution is 2.56. The molecule has 0 radical (unpaired) electrons. The lowest BCUT2D eigenvalue weighted by Crippen LogP contribution is -2.18. The molecule has 0 saturated carbocycles. The van der Waals surface area contributed by atoms with Gasteiger partial charge >= 0.3 is 0 Å². The number of para-hydroxylation sites is 2. The average Bonchev–Trinajstić information content (AvgIpc) is 3.42. The van der Waals surface area contributed by atoms with Crippen LogP contribution in [0.3, 0.4) is 0 Å². The Morgan fingerprint density at radius 3 is 1.62 bits per heavy atom. The summed E-state index contributed by atoms with van der Waals surface area (Å²) in [5, 5.41) is 5.03. The Morgan fingerprint density at radius 1 is 0.462 bits per heavy atom. The summed E-state index contributed by atoms with van der Waals surface area (Å²) in [7, 11) is 1.77. The highest BCUT2D eigenvalue weighted by molar-refractivity contribution is 14.2. The SMILES string of the molecule is Cc1ccc(N(c2ccc3c(c2)C(C)(C)c2cc(N(c4ccccc4)c4ccccc4)c4ccccc4c2-3)c2ccc(SI)c3ccccc23)cc1. The van der Waals surface area contributed by atoms with Crippen molar-refractivity contribution in [1.82, 2.24) is 0 Å². The van der Waals surface area contributed by atoms with E-state index in [2.05, 4.69) is 222 Å². The zero-order valence-electron chi connectivity index (χ0n) is 29.3. The molecule has 0 unspecified atom stereocenters. The van der Waals surface area contributed by atoms with Crippen molar-refractivity contribution in [1.29, 1.82) is 0 Å². The molecule has 252 valence electrons. The number of aryl methyl sites for hydroxylation is 1. The fraction of sp³-hybridized carbons (Fsp3) is 0.0833. The van der Waals surface area contributed by atoms with Crippen molar-refractivity contribution in [2.75, 3.05) is 9.80 Å². The van der Waals surface area contributed by atoms with Crippen LogP contribution in [0.25, 0.3) is 32.7 Å².